The number of pyridine rings is 1. The number of amides is 2. The number of aliphatic hydroxyl groups is 1. The molecule has 0 unspecified atom stereocenters. The second-order valence-electron chi connectivity index (χ2n) is 8.68. The van der Waals surface area contributed by atoms with Crippen LogP contribution in [-0.4, -0.2) is 74.1 Å². The number of likely N-dealkylation sites (N-methyl/N-ethyl adjacent to an activating group) is 1. The highest BCUT2D eigenvalue weighted by Crippen LogP contribution is 2.35. The van der Waals surface area contributed by atoms with Crippen molar-refractivity contribution >= 4 is 11.8 Å². The molecular formula is C21H30N6O4. The molecule has 1 fully saturated rings. The van der Waals surface area contributed by atoms with Crippen LogP contribution in [0.2, 0.25) is 0 Å². The van der Waals surface area contributed by atoms with E-state index in [-0.39, 0.29) is 24.8 Å². The third-order valence-corrected chi connectivity index (χ3v) is 5.26. The molecule has 0 aliphatic carbocycles. The zero-order chi connectivity index (χ0) is 22.8. The number of hydrogen-bond donors (Lipinski definition) is 2. The van der Waals surface area contributed by atoms with Gasteiger partial charge in [0.2, 0.25) is 17.7 Å². The molecule has 1 aliphatic rings. The third-order valence-electron chi connectivity index (χ3n) is 5.26. The Kier molecular flexibility index (Phi) is 6.59. The SMILES string of the molecule is CCOc1ccc(-c2cn([C@H](C(=O)N3C[C@H](O)C[C@H]3C(=O)NC)C(C)(C)C)nn2)cn1. The van der Waals surface area contributed by atoms with Gasteiger partial charge in [-0.05, 0) is 18.4 Å². The third kappa shape index (κ3) is 4.84. The summed E-state index contributed by atoms with van der Waals surface area (Å²) in [6, 6.07) is 2.17. The van der Waals surface area contributed by atoms with Gasteiger partial charge in [0.05, 0.1) is 18.9 Å². The quantitative estimate of drug-likeness (QED) is 0.702. The lowest BCUT2D eigenvalue weighted by molar-refractivity contribution is -0.144. The molecule has 0 saturated carbocycles. The van der Waals surface area contributed by atoms with Crippen LogP contribution in [0.25, 0.3) is 11.3 Å². The minimum absolute atomic E-state index is 0.105. The van der Waals surface area contributed by atoms with Crippen LogP contribution in [0.1, 0.15) is 40.2 Å². The fourth-order valence-electron chi connectivity index (χ4n) is 3.81. The first-order valence-electron chi connectivity index (χ1n) is 10.4. The molecule has 2 N–H and O–H groups in total. The zero-order valence-corrected chi connectivity index (χ0v) is 18.6. The molecule has 2 aromatic heterocycles. The molecule has 3 heterocycles. The smallest absolute Gasteiger partial charge is 0.248 e. The first-order valence-corrected chi connectivity index (χ1v) is 10.4. The maximum Gasteiger partial charge on any atom is 0.248 e. The topological polar surface area (TPSA) is 122 Å². The van der Waals surface area contributed by atoms with Gasteiger partial charge in [0.1, 0.15) is 17.8 Å². The summed E-state index contributed by atoms with van der Waals surface area (Å²) in [7, 11) is 1.52. The largest absolute Gasteiger partial charge is 0.478 e. The molecule has 0 aromatic carbocycles. The van der Waals surface area contributed by atoms with Gasteiger partial charge in [-0.15, -0.1) is 5.10 Å². The van der Waals surface area contributed by atoms with Crippen LogP contribution in [0, 0.1) is 5.41 Å². The van der Waals surface area contributed by atoms with Crippen LogP contribution >= 0.6 is 0 Å². The number of hydrogen-bond acceptors (Lipinski definition) is 7. The van der Waals surface area contributed by atoms with Gasteiger partial charge in [0, 0.05) is 37.8 Å². The maximum atomic E-state index is 13.5. The number of likely N-dealkylation sites (tertiary alicyclic amines) is 1. The number of rotatable bonds is 6. The Hall–Kier alpha value is -3.01. The van der Waals surface area contributed by atoms with E-state index < -0.39 is 23.6 Å². The van der Waals surface area contributed by atoms with Crippen molar-refractivity contribution in [3.8, 4) is 17.1 Å². The summed E-state index contributed by atoms with van der Waals surface area (Å²) < 4.78 is 6.89. The molecule has 0 radical (unpaired) electrons. The van der Waals surface area contributed by atoms with E-state index >= 15 is 0 Å². The minimum Gasteiger partial charge on any atom is -0.478 e. The number of carbonyl (C=O) groups is 2. The van der Waals surface area contributed by atoms with Gasteiger partial charge >= 0.3 is 0 Å². The number of aliphatic hydroxyl groups excluding tert-OH is 1. The van der Waals surface area contributed by atoms with E-state index in [1.54, 1.807) is 18.5 Å². The number of nitrogens with zero attached hydrogens (tertiary/aromatic N) is 5. The average Bonchev–Trinajstić information content (AvgIpc) is 3.34. The van der Waals surface area contributed by atoms with Crippen LogP contribution in [0.3, 0.4) is 0 Å². The van der Waals surface area contributed by atoms with Crippen molar-refractivity contribution in [3.63, 3.8) is 0 Å². The molecule has 1 saturated heterocycles. The zero-order valence-electron chi connectivity index (χ0n) is 18.6. The Morgan fingerprint density at radius 3 is 2.68 bits per heavy atom. The first-order chi connectivity index (χ1) is 14.7. The van der Waals surface area contributed by atoms with Gasteiger partial charge in [-0.25, -0.2) is 9.67 Å². The molecule has 31 heavy (non-hydrogen) atoms. The van der Waals surface area contributed by atoms with Crippen LogP contribution < -0.4 is 10.1 Å². The Labute approximate surface area is 181 Å². The van der Waals surface area contributed by atoms with Gasteiger partial charge in [-0.1, -0.05) is 26.0 Å². The second-order valence-corrected chi connectivity index (χ2v) is 8.68. The van der Waals surface area contributed by atoms with Crippen LogP contribution in [0.4, 0.5) is 0 Å². The van der Waals surface area contributed by atoms with Crippen molar-refractivity contribution < 1.29 is 19.4 Å². The Bertz CT molecular complexity index is 921. The van der Waals surface area contributed by atoms with E-state index in [1.165, 1.54) is 16.6 Å². The predicted molar refractivity (Wildman–Crippen MR) is 113 cm³/mol. The number of nitrogens with one attached hydrogen (secondary N) is 1. The molecule has 2 amide bonds. The number of carbonyl (C=O) groups excluding carboxylic acids is 2. The van der Waals surface area contributed by atoms with Gasteiger partial charge in [-0.3, -0.25) is 9.59 Å². The molecule has 1 aliphatic heterocycles. The van der Waals surface area contributed by atoms with Gasteiger partial charge in [0.15, 0.2) is 0 Å². The predicted octanol–water partition coefficient (Wildman–Crippen LogP) is 1.03. The minimum atomic E-state index is -0.742. The Morgan fingerprint density at radius 2 is 2.10 bits per heavy atom. The molecule has 0 bridgehead atoms. The number of aromatic nitrogens is 4. The van der Waals surface area contributed by atoms with E-state index in [1.807, 2.05) is 33.8 Å². The van der Waals surface area contributed by atoms with E-state index in [9.17, 15) is 14.7 Å². The van der Waals surface area contributed by atoms with Gasteiger partial charge < -0.3 is 20.1 Å². The molecular weight excluding hydrogens is 400 g/mol. The van der Waals surface area contributed by atoms with Crippen molar-refractivity contribution in [1.29, 1.82) is 0 Å². The monoisotopic (exact) mass is 430 g/mol. The van der Waals surface area contributed by atoms with Crippen molar-refractivity contribution in [3.05, 3.63) is 24.5 Å². The molecule has 168 valence electrons. The molecule has 3 rings (SSSR count). The fraction of sp³-hybridized carbons (Fsp3) is 0.571. The maximum absolute atomic E-state index is 13.5. The summed E-state index contributed by atoms with van der Waals surface area (Å²) >= 11 is 0. The van der Waals surface area contributed by atoms with E-state index in [0.29, 0.717) is 18.2 Å². The van der Waals surface area contributed by atoms with E-state index in [0.717, 1.165) is 5.56 Å². The van der Waals surface area contributed by atoms with Crippen molar-refractivity contribution in [2.75, 3.05) is 20.2 Å². The van der Waals surface area contributed by atoms with E-state index in [2.05, 4.69) is 20.6 Å². The van der Waals surface area contributed by atoms with Crippen LogP contribution in [-0.2, 0) is 9.59 Å². The lowest BCUT2D eigenvalue weighted by Crippen LogP contribution is -2.49. The van der Waals surface area contributed by atoms with Crippen LogP contribution in [0.5, 0.6) is 5.88 Å². The summed E-state index contributed by atoms with van der Waals surface area (Å²) in [6.45, 7) is 8.30. The molecule has 0 spiro atoms. The van der Waals surface area contributed by atoms with Crippen molar-refractivity contribution in [1.82, 2.24) is 30.2 Å². The molecule has 3 atom stereocenters. The molecule has 10 heteroatoms. The Balaban J connectivity index is 1.90. The highest BCUT2D eigenvalue weighted by molar-refractivity contribution is 5.90. The number of ether oxygens (including phenoxy) is 1. The summed E-state index contributed by atoms with van der Waals surface area (Å²) in [5.41, 5.74) is 0.802. The molecule has 2 aromatic rings. The summed E-state index contributed by atoms with van der Waals surface area (Å²) in [4.78, 5) is 31.5. The standard InChI is InChI=1S/C21H30N6O4/c1-6-31-17-8-7-13(10-23-17)15-12-27(25-24-15)18(21(2,3)4)20(30)26-11-14(28)9-16(26)19(29)22-5/h7-8,10,12,14,16,18,28H,6,9,11H2,1-5H3,(H,22,29)/t14-,16+,18-/m1/s1. The molecule has 10 nitrogen and oxygen atoms in total. The number of β-amino-alcohol motifs (C(OH)–C–C–N with tert-alkyl or cyclic N) is 1. The van der Waals surface area contributed by atoms with E-state index in [4.69, 9.17) is 4.74 Å². The summed E-state index contributed by atoms with van der Waals surface area (Å²) in [5.74, 6) is -0.0505. The summed E-state index contributed by atoms with van der Waals surface area (Å²) in [5, 5.41) is 21.1. The first kappa shape index (κ1) is 22.7. The fourth-order valence-corrected chi connectivity index (χ4v) is 3.81. The normalized spacial score (nSPS) is 19.9. The summed E-state index contributed by atoms with van der Waals surface area (Å²) in [6.07, 6.45) is 2.81. The second kappa shape index (κ2) is 9.01. The van der Waals surface area contributed by atoms with Crippen molar-refractivity contribution in [2.24, 2.45) is 5.41 Å². The average molecular weight is 431 g/mol. The Morgan fingerprint density at radius 1 is 1.35 bits per heavy atom. The van der Waals surface area contributed by atoms with Crippen LogP contribution in [0.15, 0.2) is 24.5 Å². The highest BCUT2D eigenvalue weighted by atomic mass is 16.5. The van der Waals surface area contributed by atoms with Gasteiger partial charge in [-0.2, -0.15) is 0 Å². The lowest BCUT2D eigenvalue weighted by Gasteiger charge is -2.34. The highest BCUT2D eigenvalue weighted by Gasteiger charge is 2.45. The van der Waals surface area contributed by atoms with Gasteiger partial charge in [0.25, 0.3) is 0 Å². The van der Waals surface area contributed by atoms with Crippen molar-refractivity contribution in [2.45, 2.75) is 52.3 Å². The lowest BCUT2D eigenvalue weighted by atomic mass is 9.85.